The van der Waals surface area contributed by atoms with Crippen molar-refractivity contribution in [3.63, 3.8) is 0 Å². The molecule has 152 valence electrons. The Morgan fingerprint density at radius 1 is 1.22 bits per heavy atom. The summed E-state index contributed by atoms with van der Waals surface area (Å²) in [7, 11) is 1.71. The van der Waals surface area contributed by atoms with Gasteiger partial charge < -0.3 is 20.7 Å². The van der Waals surface area contributed by atoms with E-state index >= 15 is 0 Å². The molecule has 27 heavy (non-hydrogen) atoms. The van der Waals surface area contributed by atoms with E-state index in [2.05, 4.69) is 41.7 Å². The number of carbonyl (C=O) groups excluding carboxylic acids is 1. The highest BCUT2D eigenvalue weighted by atomic mass is 127. The molecule has 6 nitrogen and oxygen atoms in total. The van der Waals surface area contributed by atoms with Crippen LogP contribution in [0.1, 0.15) is 33.6 Å². The predicted octanol–water partition coefficient (Wildman–Crippen LogP) is 3.25. The summed E-state index contributed by atoms with van der Waals surface area (Å²) in [6.45, 7) is 8.44. The van der Waals surface area contributed by atoms with Gasteiger partial charge in [-0.1, -0.05) is 39.0 Å². The number of carbonyl (C=O) groups is 1. The average molecular weight is 488 g/mol. The van der Waals surface area contributed by atoms with Crippen LogP contribution < -0.4 is 16.0 Å². The molecule has 0 aliphatic carbocycles. The van der Waals surface area contributed by atoms with Crippen LogP contribution in [0.2, 0.25) is 0 Å². The normalized spacial score (nSPS) is 20.4. The molecule has 1 amide bonds. The van der Waals surface area contributed by atoms with Gasteiger partial charge >= 0.3 is 0 Å². The average Bonchev–Trinajstić information content (AvgIpc) is 2.62. The molecule has 0 aromatic heterocycles. The Morgan fingerprint density at radius 2 is 1.93 bits per heavy atom. The summed E-state index contributed by atoms with van der Waals surface area (Å²) in [6.07, 6.45) is 2.45. The number of halogens is 1. The topological polar surface area (TPSA) is 74.8 Å². The van der Waals surface area contributed by atoms with Gasteiger partial charge in [0.25, 0.3) is 0 Å². The molecule has 7 heteroatoms. The van der Waals surface area contributed by atoms with E-state index in [1.807, 2.05) is 30.3 Å². The number of hydrogen-bond donors (Lipinski definition) is 3. The maximum atomic E-state index is 12.0. The SMILES string of the molecule is CN=C(NCC(=O)Nc1ccccc1)NCC1CCCOC1C(C)(C)C.I. The van der Waals surface area contributed by atoms with Crippen molar-refractivity contribution < 1.29 is 9.53 Å². The Balaban J connectivity index is 0.00000364. The second-order valence-corrected chi connectivity index (χ2v) is 7.78. The fourth-order valence-electron chi connectivity index (χ4n) is 3.35. The van der Waals surface area contributed by atoms with Crippen LogP contribution in [-0.4, -0.2) is 44.7 Å². The number of hydrogen-bond acceptors (Lipinski definition) is 3. The molecule has 3 N–H and O–H groups in total. The van der Waals surface area contributed by atoms with Gasteiger partial charge in [-0.25, -0.2) is 0 Å². The Bertz CT molecular complexity index is 602. The van der Waals surface area contributed by atoms with Crippen LogP contribution >= 0.6 is 24.0 Å². The minimum Gasteiger partial charge on any atom is -0.377 e. The number of para-hydroxylation sites is 1. The molecule has 1 fully saturated rings. The van der Waals surface area contributed by atoms with Crippen molar-refractivity contribution in [1.82, 2.24) is 10.6 Å². The maximum absolute atomic E-state index is 12.0. The zero-order valence-corrected chi connectivity index (χ0v) is 19.1. The number of amides is 1. The van der Waals surface area contributed by atoms with Gasteiger partial charge in [-0.15, -0.1) is 24.0 Å². The lowest BCUT2D eigenvalue weighted by Gasteiger charge is -2.40. The van der Waals surface area contributed by atoms with Gasteiger partial charge in [-0.05, 0) is 30.4 Å². The molecular weight excluding hydrogens is 455 g/mol. The smallest absolute Gasteiger partial charge is 0.243 e. The summed E-state index contributed by atoms with van der Waals surface area (Å²) in [5, 5.41) is 9.26. The first kappa shape index (κ1) is 23.7. The standard InChI is InChI=1S/C20H32N4O2.HI/c1-20(2,3)18-15(9-8-12-26-18)13-22-19(21-4)23-14-17(25)24-16-10-6-5-7-11-16;/h5-7,10-11,15,18H,8-9,12-14H2,1-4H3,(H,24,25)(H2,21,22,23);1H. The van der Waals surface area contributed by atoms with Crippen molar-refractivity contribution >= 4 is 41.5 Å². The number of nitrogens with zero attached hydrogens (tertiary/aromatic N) is 1. The minimum absolute atomic E-state index is 0. The van der Waals surface area contributed by atoms with Crippen LogP contribution in [-0.2, 0) is 9.53 Å². The molecule has 2 unspecified atom stereocenters. The molecule has 1 saturated heterocycles. The third kappa shape index (κ3) is 8.04. The molecule has 2 atom stereocenters. The second-order valence-electron chi connectivity index (χ2n) is 7.78. The number of ether oxygens (including phenoxy) is 1. The molecule has 0 spiro atoms. The van der Waals surface area contributed by atoms with Gasteiger partial charge in [0.1, 0.15) is 0 Å². The number of anilines is 1. The Labute approximate surface area is 179 Å². The highest BCUT2D eigenvalue weighted by Gasteiger charge is 2.35. The minimum atomic E-state index is -0.104. The Morgan fingerprint density at radius 3 is 2.56 bits per heavy atom. The lowest BCUT2D eigenvalue weighted by molar-refractivity contribution is -0.115. The fourth-order valence-corrected chi connectivity index (χ4v) is 3.35. The molecule has 0 radical (unpaired) electrons. The van der Waals surface area contributed by atoms with Crippen LogP contribution in [0.4, 0.5) is 5.69 Å². The number of nitrogens with one attached hydrogen (secondary N) is 3. The molecule has 1 heterocycles. The van der Waals surface area contributed by atoms with Crippen molar-refractivity contribution in [2.24, 2.45) is 16.3 Å². The number of benzene rings is 1. The number of rotatable bonds is 5. The monoisotopic (exact) mass is 488 g/mol. The number of guanidine groups is 1. The molecule has 1 aromatic carbocycles. The third-order valence-corrected chi connectivity index (χ3v) is 4.53. The van der Waals surface area contributed by atoms with Crippen LogP contribution in [0.3, 0.4) is 0 Å². The second kappa shape index (κ2) is 11.5. The first-order valence-corrected chi connectivity index (χ1v) is 9.31. The zero-order chi connectivity index (χ0) is 19.0. The Kier molecular flexibility index (Phi) is 10.1. The van der Waals surface area contributed by atoms with Gasteiger partial charge in [0.05, 0.1) is 12.6 Å². The first-order valence-electron chi connectivity index (χ1n) is 9.31. The predicted molar refractivity (Wildman–Crippen MR) is 122 cm³/mol. The molecule has 1 aliphatic rings. The van der Waals surface area contributed by atoms with Gasteiger partial charge in [0, 0.05) is 31.8 Å². The van der Waals surface area contributed by atoms with E-state index in [0.29, 0.717) is 11.9 Å². The van der Waals surface area contributed by atoms with E-state index in [1.165, 1.54) is 0 Å². The molecule has 1 aliphatic heterocycles. The molecule has 1 aromatic rings. The summed E-state index contributed by atoms with van der Waals surface area (Å²) in [5.74, 6) is 0.958. The van der Waals surface area contributed by atoms with E-state index in [9.17, 15) is 4.79 Å². The van der Waals surface area contributed by atoms with E-state index in [1.54, 1.807) is 7.05 Å². The van der Waals surface area contributed by atoms with Crippen molar-refractivity contribution in [2.75, 3.05) is 32.1 Å². The van der Waals surface area contributed by atoms with E-state index in [-0.39, 0.29) is 47.9 Å². The van der Waals surface area contributed by atoms with Crippen LogP contribution in [0.25, 0.3) is 0 Å². The largest absolute Gasteiger partial charge is 0.377 e. The summed E-state index contributed by atoms with van der Waals surface area (Å²) in [6, 6.07) is 9.42. The van der Waals surface area contributed by atoms with Crippen molar-refractivity contribution in [3.8, 4) is 0 Å². The Hall–Kier alpha value is -1.35. The lowest BCUT2D eigenvalue weighted by Crippen LogP contribution is -2.48. The van der Waals surface area contributed by atoms with Crippen LogP contribution in [0, 0.1) is 11.3 Å². The third-order valence-electron chi connectivity index (χ3n) is 4.53. The van der Waals surface area contributed by atoms with Crippen LogP contribution in [0.15, 0.2) is 35.3 Å². The molecule has 0 bridgehead atoms. The van der Waals surface area contributed by atoms with Crippen molar-refractivity contribution in [1.29, 1.82) is 0 Å². The van der Waals surface area contributed by atoms with Crippen molar-refractivity contribution in [3.05, 3.63) is 30.3 Å². The van der Waals surface area contributed by atoms with E-state index < -0.39 is 0 Å². The van der Waals surface area contributed by atoms with Crippen LogP contribution in [0.5, 0.6) is 0 Å². The molecule has 2 rings (SSSR count). The van der Waals surface area contributed by atoms with Crippen molar-refractivity contribution in [2.45, 2.75) is 39.7 Å². The van der Waals surface area contributed by atoms with Gasteiger partial charge in [-0.3, -0.25) is 9.79 Å². The summed E-state index contributed by atoms with van der Waals surface area (Å²) < 4.78 is 6.02. The summed E-state index contributed by atoms with van der Waals surface area (Å²) in [5.41, 5.74) is 0.897. The number of aliphatic imine (C=N–C) groups is 1. The summed E-state index contributed by atoms with van der Waals surface area (Å²) in [4.78, 5) is 16.3. The highest BCUT2D eigenvalue weighted by molar-refractivity contribution is 14.0. The van der Waals surface area contributed by atoms with E-state index in [0.717, 1.165) is 31.7 Å². The van der Waals surface area contributed by atoms with Gasteiger partial charge in [-0.2, -0.15) is 0 Å². The quantitative estimate of drug-likeness (QED) is 0.338. The first-order chi connectivity index (χ1) is 12.4. The van der Waals surface area contributed by atoms with Gasteiger partial charge in [0.15, 0.2) is 5.96 Å². The molecule has 0 saturated carbocycles. The zero-order valence-electron chi connectivity index (χ0n) is 16.7. The van der Waals surface area contributed by atoms with Gasteiger partial charge in [0.2, 0.25) is 5.91 Å². The summed E-state index contributed by atoms with van der Waals surface area (Å²) >= 11 is 0. The maximum Gasteiger partial charge on any atom is 0.243 e. The highest BCUT2D eigenvalue weighted by Crippen LogP contribution is 2.33. The fraction of sp³-hybridized carbons (Fsp3) is 0.600. The molecular formula is C20H33IN4O2. The van der Waals surface area contributed by atoms with E-state index in [4.69, 9.17) is 4.74 Å². The lowest BCUT2D eigenvalue weighted by atomic mass is 9.78.